The van der Waals surface area contributed by atoms with Crippen molar-refractivity contribution >= 4 is 23.0 Å². The average Bonchev–Trinajstić information content (AvgIpc) is 2.47. The minimum Gasteiger partial charge on any atom is -0.496 e. The molecule has 0 spiro atoms. The molecule has 0 unspecified atom stereocenters. The van der Waals surface area contributed by atoms with Gasteiger partial charge < -0.3 is 20.7 Å². The fraction of sp³-hybridized carbons (Fsp3) is 0.188. The zero-order chi connectivity index (χ0) is 15.4. The number of anilines is 3. The summed E-state index contributed by atoms with van der Waals surface area (Å²) in [5.74, 6) is 0.219. The molecule has 1 amide bonds. The number of methoxy groups -OCH3 is 1. The molecule has 2 aromatic rings. The monoisotopic (exact) mass is 285 g/mol. The van der Waals surface area contributed by atoms with Gasteiger partial charge in [-0.1, -0.05) is 12.1 Å². The predicted octanol–water partition coefficient (Wildman–Crippen LogP) is 2.60. The minimum atomic E-state index is -0.235. The molecule has 0 aliphatic heterocycles. The summed E-state index contributed by atoms with van der Waals surface area (Å²) in [7, 11) is 5.36. The highest BCUT2D eigenvalue weighted by Crippen LogP contribution is 2.26. The predicted molar refractivity (Wildman–Crippen MR) is 86.1 cm³/mol. The van der Waals surface area contributed by atoms with Crippen LogP contribution < -0.4 is 20.7 Å². The lowest BCUT2D eigenvalue weighted by Gasteiger charge is -2.18. The molecule has 0 aromatic heterocycles. The van der Waals surface area contributed by atoms with Crippen LogP contribution in [-0.4, -0.2) is 27.1 Å². The first-order chi connectivity index (χ1) is 10.0. The number of nitrogens with zero attached hydrogens (tertiary/aromatic N) is 1. The van der Waals surface area contributed by atoms with Crippen LogP contribution in [-0.2, 0) is 0 Å². The zero-order valence-corrected chi connectivity index (χ0v) is 12.4. The molecule has 0 aliphatic carbocycles. The summed E-state index contributed by atoms with van der Waals surface area (Å²) in [6.45, 7) is 0. The molecule has 110 valence electrons. The van der Waals surface area contributed by atoms with E-state index in [9.17, 15) is 4.79 Å². The molecule has 3 N–H and O–H groups in total. The van der Waals surface area contributed by atoms with Crippen molar-refractivity contribution in [2.45, 2.75) is 0 Å². The van der Waals surface area contributed by atoms with Crippen LogP contribution in [0.15, 0.2) is 42.5 Å². The SMILES string of the molecule is COc1cc(N)ccc1C(=O)Nc1ccccc1N(C)C. The van der Waals surface area contributed by atoms with Crippen LogP contribution in [0.1, 0.15) is 10.4 Å². The molecule has 0 saturated heterocycles. The number of amides is 1. The number of nitrogens with two attached hydrogens (primary N) is 1. The van der Waals surface area contributed by atoms with Crippen molar-refractivity contribution in [2.24, 2.45) is 0 Å². The fourth-order valence-electron chi connectivity index (χ4n) is 2.05. The molecule has 0 bridgehead atoms. The highest BCUT2D eigenvalue weighted by Gasteiger charge is 2.14. The van der Waals surface area contributed by atoms with Crippen molar-refractivity contribution in [3.63, 3.8) is 0 Å². The third kappa shape index (κ3) is 3.25. The Balaban J connectivity index is 2.31. The van der Waals surface area contributed by atoms with Crippen LogP contribution in [0.2, 0.25) is 0 Å². The number of carbonyl (C=O) groups is 1. The summed E-state index contributed by atoms with van der Waals surface area (Å²) in [4.78, 5) is 14.4. The summed E-state index contributed by atoms with van der Waals surface area (Å²) in [5.41, 5.74) is 8.37. The van der Waals surface area contributed by atoms with E-state index in [1.165, 1.54) is 7.11 Å². The van der Waals surface area contributed by atoms with E-state index in [2.05, 4.69) is 5.32 Å². The minimum absolute atomic E-state index is 0.235. The van der Waals surface area contributed by atoms with Gasteiger partial charge in [0.1, 0.15) is 5.75 Å². The Morgan fingerprint density at radius 1 is 1.19 bits per heavy atom. The normalized spacial score (nSPS) is 10.0. The number of nitrogens with one attached hydrogen (secondary N) is 1. The maximum atomic E-state index is 12.4. The first kappa shape index (κ1) is 14.7. The Hall–Kier alpha value is -2.69. The van der Waals surface area contributed by atoms with Gasteiger partial charge in [-0.25, -0.2) is 0 Å². The van der Waals surface area contributed by atoms with Gasteiger partial charge in [-0.3, -0.25) is 4.79 Å². The summed E-state index contributed by atoms with van der Waals surface area (Å²) >= 11 is 0. The van der Waals surface area contributed by atoms with Crippen LogP contribution >= 0.6 is 0 Å². The van der Waals surface area contributed by atoms with E-state index in [1.54, 1.807) is 18.2 Å². The number of carbonyl (C=O) groups excluding carboxylic acids is 1. The lowest BCUT2D eigenvalue weighted by molar-refractivity contribution is 0.102. The summed E-state index contributed by atoms with van der Waals surface area (Å²) in [6.07, 6.45) is 0. The van der Waals surface area contributed by atoms with Gasteiger partial charge >= 0.3 is 0 Å². The van der Waals surface area contributed by atoms with Crippen molar-refractivity contribution in [1.29, 1.82) is 0 Å². The van der Waals surface area contributed by atoms with Gasteiger partial charge in [0.25, 0.3) is 5.91 Å². The summed E-state index contributed by atoms with van der Waals surface area (Å²) in [5, 5.41) is 2.90. The van der Waals surface area contributed by atoms with Crippen LogP contribution in [0.3, 0.4) is 0 Å². The van der Waals surface area contributed by atoms with Crippen molar-refractivity contribution in [1.82, 2.24) is 0 Å². The molecule has 0 saturated carbocycles. The molecule has 0 heterocycles. The molecule has 0 fully saturated rings. The van der Waals surface area contributed by atoms with E-state index in [-0.39, 0.29) is 5.91 Å². The van der Waals surface area contributed by atoms with Crippen LogP contribution in [0, 0.1) is 0 Å². The van der Waals surface area contributed by atoms with Crippen molar-refractivity contribution in [3.05, 3.63) is 48.0 Å². The molecule has 5 nitrogen and oxygen atoms in total. The molecule has 0 aliphatic rings. The van der Waals surface area contributed by atoms with Gasteiger partial charge in [0.05, 0.1) is 24.0 Å². The third-order valence-electron chi connectivity index (χ3n) is 3.10. The highest BCUT2D eigenvalue weighted by molar-refractivity contribution is 6.07. The number of benzene rings is 2. The Morgan fingerprint density at radius 3 is 2.57 bits per heavy atom. The number of rotatable bonds is 4. The first-order valence-electron chi connectivity index (χ1n) is 6.54. The third-order valence-corrected chi connectivity index (χ3v) is 3.10. The largest absolute Gasteiger partial charge is 0.496 e. The summed E-state index contributed by atoms with van der Waals surface area (Å²) < 4.78 is 5.21. The maximum Gasteiger partial charge on any atom is 0.259 e. The van der Waals surface area contributed by atoms with Gasteiger partial charge in [0.15, 0.2) is 0 Å². The second-order valence-electron chi connectivity index (χ2n) is 4.83. The van der Waals surface area contributed by atoms with E-state index in [0.717, 1.165) is 11.4 Å². The van der Waals surface area contributed by atoms with Gasteiger partial charge in [-0.2, -0.15) is 0 Å². The molecule has 2 rings (SSSR count). The lowest BCUT2D eigenvalue weighted by atomic mass is 10.1. The van der Waals surface area contributed by atoms with Gasteiger partial charge in [-0.15, -0.1) is 0 Å². The van der Waals surface area contributed by atoms with Crippen molar-refractivity contribution in [2.75, 3.05) is 37.2 Å². The smallest absolute Gasteiger partial charge is 0.259 e. The number of hydrogen-bond donors (Lipinski definition) is 2. The molecule has 5 heteroatoms. The molecular weight excluding hydrogens is 266 g/mol. The van der Waals surface area contributed by atoms with Gasteiger partial charge in [-0.05, 0) is 24.3 Å². The molecular formula is C16H19N3O2. The molecule has 0 radical (unpaired) electrons. The van der Waals surface area contributed by atoms with E-state index >= 15 is 0 Å². The van der Waals surface area contributed by atoms with Crippen LogP contribution in [0.5, 0.6) is 5.75 Å². The Bertz CT molecular complexity index is 654. The van der Waals surface area contributed by atoms with E-state index in [1.807, 2.05) is 43.3 Å². The lowest BCUT2D eigenvalue weighted by Crippen LogP contribution is -2.17. The summed E-state index contributed by atoms with van der Waals surface area (Å²) in [6, 6.07) is 12.6. The van der Waals surface area contributed by atoms with Crippen molar-refractivity contribution < 1.29 is 9.53 Å². The van der Waals surface area contributed by atoms with Gasteiger partial charge in [0.2, 0.25) is 0 Å². The number of nitrogen functional groups attached to an aromatic ring is 1. The maximum absolute atomic E-state index is 12.4. The Morgan fingerprint density at radius 2 is 1.90 bits per heavy atom. The van der Waals surface area contributed by atoms with Crippen LogP contribution in [0.4, 0.5) is 17.1 Å². The van der Waals surface area contributed by atoms with Gasteiger partial charge in [0, 0.05) is 25.8 Å². The van der Waals surface area contributed by atoms with Crippen LogP contribution in [0.25, 0.3) is 0 Å². The number of para-hydroxylation sites is 2. The molecule has 21 heavy (non-hydrogen) atoms. The quantitative estimate of drug-likeness (QED) is 0.847. The topological polar surface area (TPSA) is 67.6 Å². The van der Waals surface area contributed by atoms with E-state index in [0.29, 0.717) is 17.0 Å². The number of ether oxygens (including phenoxy) is 1. The Labute approximate surface area is 124 Å². The highest BCUT2D eigenvalue weighted by atomic mass is 16.5. The van der Waals surface area contributed by atoms with Crippen molar-refractivity contribution in [3.8, 4) is 5.75 Å². The average molecular weight is 285 g/mol. The van der Waals surface area contributed by atoms with E-state index in [4.69, 9.17) is 10.5 Å². The molecule has 0 atom stereocenters. The second kappa shape index (κ2) is 6.17. The molecule has 2 aromatic carbocycles. The zero-order valence-electron chi connectivity index (χ0n) is 12.4. The van der Waals surface area contributed by atoms with E-state index < -0.39 is 0 Å². The first-order valence-corrected chi connectivity index (χ1v) is 6.54. The second-order valence-corrected chi connectivity index (χ2v) is 4.83. The standard InChI is InChI=1S/C16H19N3O2/c1-19(2)14-7-5-4-6-13(14)18-16(20)12-9-8-11(17)10-15(12)21-3/h4-10H,17H2,1-3H3,(H,18,20). The number of hydrogen-bond acceptors (Lipinski definition) is 4. The Kier molecular flexibility index (Phi) is 4.33. The fourth-order valence-corrected chi connectivity index (χ4v) is 2.05.